The first kappa shape index (κ1) is 16.8. The van der Waals surface area contributed by atoms with Crippen LogP contribution in [-0.2, 0) is 0 Å². The molecule has 0 spiro atoms. The van der Waals surface area contributed by atoms with Crippen LogP contribution in [0.5, 0.6) is 0 Å². The van der Waals surface area contributed by atoms with E-state index in [0.29, 0.717) is 5.13 Å². The third-order valence-corrected chi connectivity index (χ3v) is 4.77. The maximum atomic E-state index is 13.5. The average molecular weight is 382 g/mol. The van der Waals surface area contributed by atoms with Crippen molar-refractivity contribution in [2.24, 2.45) is 0 Å². The Morgan fingerprint density at radius 3 is 2.75 bits per heavy atom. The molecule has 0 bridgehead atoms. The Balaban J connectivity index is 1.84. The lowest BCUT2D eigenvalue weighted by molar-refractivity contribution is 0.102. The zero-order valence-corrected chi connectivity index (χ0v) is 14.6. The Kier molecular flexibility index (Phi) is 4.80. The van der Waals surface area contributed by atoms with E-state index in [-0.39, 0.29) is 15.9 Å². The molecule has 0 atom stereocenters. The van der Waals surface area contributed by atoms with E-state index in [0.717, 1.165) is 22.1 Å². The van der Waals surface area contributed by atoms with Crippen LogP contribution < -0.4 is 5.32 Å². The van der Waals surface area contributed by atoms with E-state index in [1.54, 1.807) is 6.20 Å². The summed E-state index contributed by atoms with van der Waals surface area (Å²) in [5.41, 5.74) is 2.03. The second kappa shape index (κ2) is 6.84. The number of thiazole rings is 1. The molecule has 0 unspecified atom stereocenters. The Morgan fingerprint density at radius 1 is 1.25 bits per heavy atom. The number of hydrogen-bond acceptors (Lipinski definition) is 4. The fourth-order valence-electron chi connectivity index (χ4n) is 2.08. The highest BCUT2D eigenvalue weighted by Crippen LogP contribution is 2.31. The SMILES string of the molecule is Cc1ccccc1-c1cnc(NC(=O)c2cc(F)c(Cl)nc2Cl)s1. The molecule has 122 valence electrons. The smallest absolute Gasteiger partial charge is 0.260 e. The maximum absolute atomic E-state index is 13.5. The highest BCUT2D eigenvalue weighted by molar-refractivity contribution is 7.19. The summed E-state index contributed by atoms with van der Waals surface area (Å²) in [5, 5.41) is 2.42. The highest BCUT2D eigenvalue weighted by Gasteiger charge is 2.17. The zero-order chi connectivity index (χ0) is 17.3. The molecule has 0 aliphatic heterocycles. The summed E-state index contributed by atoms with van der Waals surface area (Å²) in [6.07, 6.45) is 1.67. The molecule has 1 aromatic carbocycles. The first-order valence-electron chi connectivity index (χ1n) is 6.80. The maximum Gasteiger partial charge on any atom is 0.260 e. The van der Waals surface area contributed by atoms with Gasteiger partial charge < -0.3 is 0 Å². The van der Waals surface area contributed by atoms with E-state index in [1.165, 1.54) is 11.3 Å². The molecule has 0 fully saturated rings. The number of aryl methyl sites for hydroxylation is 1. The van der Waals surface area contributed by atoms with Crippen LogP contribution in [0.2, 0.25) is 10.3 Å². The third kappa shape index (κ3) is 3.40. The Labute approximate surface area is 151 Å². The van der Waals surface area contributed by atoms with Gasteiger partial charge in [-0.3, -0.25) is 10.1 Å². The van der Waals surface area contributed by atoms with E-state index in [1.807, 2.05) is 31.2 Å². The topological polar surface area (TPSA) is 54.9 Å². The fourth-order valence-corrected chi connectivity index (χ4v) is 3.38. The van der Waals surface area contributed by atoms with Crippen LogP contribution in [0.15, 0.2) is 36.5 Å². The van der Waals surface area contributed by atoms with Crippen LogP contribution in [0.25, 0.3) is 10.4 Å². The predicted octanol–water partition coefficient (Wildman–Crippen LogP) is 5.21. The highest BCUT2D eigenvalue weighted by atomic mass is 35.5. The fraction of sp³-hybridized carbons (Fsp3) is 0.0625. The van der Waals surface area contributed by atoms with Gasteiger partial charge in [-0.25, -0.2) is 14.4 Å². The molecule has 0 saturated carbocycles. The number of rotatable bonds is 3. The van der Waals surface area contributed by atoms with Crippen molar-refractivity contribution in [3.63, 3.8) is 0 Å². The molecule has 3 aromatic rings. The molecule has 0 saturated heterocycles. The second-order valence-corrected chi connectivity index (χ2v) is 6.64. The summed E-state index contributed by atoms with van der Waals surface area (Å²) in [7, 11) is 0. The van der Waals surface area contributed by atoms with Crippen molar-refractivity contribution in [3.05, 3.63) is 63.8 Å². The van der Waals surface area contributed by atoms with Gasteiger partial charge in [-0.1, -0.05) is 58.8 Å². The first-order valence-corrected chi connectivity index (χ1v) is 8.37. The molecule has 2 heterocycles. The van der Waals surface area contributed by atoms with Crippen LogP contribution in [0, 0.1) is 12.7 Å². The van der Waals surface area contributed by atoms with Crippen molar-refractivity contribution in [1.29, 1.82) is 0 Å². The molecule has 1 amide bonds. The summed E-state index contributed by atoms with van der Waals surface area (Å²) < 4.78 is 13.5. The van der Waals surface area contributed by atoms with Gasteiger partial charge >= 0.3 is 0 Å². The van der Waals surface area contributed by atoms with Gasteiger partial charge in [-0.05, 0) is 24.1 Å². The molecule has 0 aliphatic carbocycles. The van der Waals surface area contributed by atoms with Gasteiger partial charge in [-0.2, -0.15) is 0 Å². The van der Waals surface area contributed by atoms with Gasteiger partial charge in [0.15, 0.2) is 16.1 Å². The monoisotopic (exact) mass is 381 g/mol. The second-order valence-electron chi connectivity index (χ2n) is 4.90. The molecule has 3 rings (SSSR count). The van der Waals surface area contributed by atoms with Crippen molar-refractivity contribution in [2.75, 3.05) is 5.32 Å². The lowest BCUT2D eigenvalue weighted by atomic mass is 10.1. The van der Waals surface area contributed by atoms with Gasteiger partial charge in [0.25, 0.3) is 5.91 Å². The predicted molar refractivity (Wildman–Crippen MR) is 94.5 cm³/mol. The number of aromatic nitrogens is 2. The zero-order valence-electron chi connectivity index (χ0n) is 12.3. The van der Waals surface area contributed by atoms with Gasteiger partial charge in [-0.15, -0.1) is 0 Å². The minimum atomic E-state index is -0.814. The largest absolute Gasteiger partial charge is 0.298 e. The van der Waals surface area contributed by atoms with Gasteiger partial charge in [0.1, 0.15) is 5.15 Å². The standard InChI is InChI=1S/C16H10Cl2FN3OS/c1-8-4-2-3-5-9(8)12-7-20-16(24-12)22-15(23)10-6-11(19)14(18)21-13(10)17/h2-7H,1H3,(H,20,22,23). The van der Waals surface area contributed by atoms with E-state index in [9.17, 15) is 9.18 Å². The Bertz CT molecular complexity index is 929. The van der Waals surface area contributed by atoms with E-state index < -0.39 is 11.7 Å². The number of hydrogen-bond donors (Lipinski definition) is 1. The van der Waals surface area contributed by atoms with Crippen LogP contribution >= 0.6 is 34.5 Å². The molecule has 0 aliphatic rings. The number of anilines is 1. The number of amides is 1. The quantitative estimate of drug-likeness (QED) is 0.633. The lowest BCUT2D eigenvalue weighted by Gasteiger charge is -2.04. The van der Waals surface area contributed by atoms with Crippen molar-refractivity contribution in [1.82, 2.24) is 9.97 Å². The van der Waals surface area contributed by atoms with Crippen molar-refractivity contribution in [3.8, 4) is 10.4 Å². The summed E-state index contributed by atoms with van der Waals surface area (Å²) in [4.78, 5) is 20.9. The van der Waals surface area contributed by atoms with Crippen molar-refractivity contribution >= 4 is 45.6 Å². The van der Waals surface area contributed by atoms with E-state index >= 15 is 0 Å². The molecule has 0 radical (unpaired) electrons. The number of carbonyl (C=O) groups is 1. The molecule has 24 heavy (non-hydrogen) atoms. The van der Waals surface area contributed by atoms with Crippen LogP contribution in [0.3, 0.4) is 0 Å². The number of pyridine rings is 1. The number of halogens is 3. The summed E-state index contributed by atoms with van der Waals surface area (Å²) in [6.45, 7) is 2.00. The number of nitrogens with one attached hydrogen (secondary N) is 1. The van der Waals surface area contributed by atoms with Gasteiger partial charge in [0, 0.05) is 6.20 Å². The summed E-state index contributed by atoms with van der Waals surface area (Å²) in [5.74, 6) is -1.42. The Morgan fingerprint density at radius 2 is 2.00 bits per heavy atom. The first-order chi connectivity index (χ1) is 11.5. The van der Waals surface area contributed by atoms with Crippen molar-refractivity contribution in [2.45, 2.75) is 6.92 Å². The van der Waals surface area contributed by atoms with Gasteiger partial charge in [0.2, 0.25) is 0 Å². The Hall–Kier alpha value is -2.02. The number of benzene rings is 1. The van der Waals surface area contributed by atoms with E-state index in [4.69, 9.17) is 23.2 Å². The van der Waals surface area contributed by atoms with Crippen LogP contribution in [0.1, 0.15) is 15.9 Å². The average Bonchev–Trinajstić information content (AvgIpc) is 2.99. The number of carbonyl (C=O) groups excluding carboxylic acids is 1. The molecular formula is C16H10Cl2FN3OS. The number of nitrogens with zero attached hydrogens (tertiary/aromatic N) is 2. The third-order valence-electron chi connectivity index (χ3n) is 3.27. The molecule has 2 aromatic heterocycles. The van der Waals surface area contributed by atoms with Crippen LogP contribution in [-0.4, -0.2) is 15.9 Å². The minimum absolute atomic E-state index is 0.105. The molecule has 8 heteroatoms. The normalized spacial score (nSPS) is 10.7. The minimum Gasteiger partial charge on any atom is -0.298 e. The lowest BCUT2D eigenvalue weighted by Crippen LogP contribution is -2.13. The van der Waals surface area contributed by atoms with E-state index in [2.05, 4.69) is 15.3 Å². The van der Waals surface area contributed by atoms with Crippen molar-refractivity contribution < 1.29 is 9.18 Å². The van der Waals surface area contributed by atoms with Gasteiger partial charge in [0.05, 0.1) is 10.4 Å². The summed E-state index contributed by atoms with van der Waals surface area (Å²) in [6, 6.07) is 8.80. The molecular weight excluding hydrogens is 372 g/mol. The molecule has 4 nitrogen and oxygen atoms in total. The summed E-state index contributed by atoms with van der Waals surface area (Å²) >= 11 is 12.7. The molecule has 1 N–H and O–H groups in total. The van der Waals surface area contributed by atoms with Crippen LogP contribution in [0.4, 0.5) is 9.52 Å².